The van der Waals surface area contributed by atoms with Gasteiger partial charge in [-0.25, -0.2) is 4.98 Å². The Hall–Kier alpha value is -3.15. The first-order valence-corrected chi connectivity index (χ1v) is 8.47. The van der Waals surface area contributed by atoms with E-state index in [0.717, 1.165) is 22.7 Å². The van der Waals surface area contributed by atoms with Crippen molar-refractivity contribution in [3.63, 3.8) is 0 Å². The maximum Gasteiger partial charge on any atom is 0.221 e. The lowest BCUT2D eigenvalue weighted by Gasteiger charge is -2.20. The summed E-state index contributed by atoms with van der Waals surface area (Å²) in [4.78, 5) is 21.1. The van der Waals surface area contributed by atoms with E-state index >= 15 is 0 Å². The van der Waals surface area contributed by atoms with Crippen LogP contribution in [0.4, 0.5) is 0 Å². The molecular weight excluding hydrogens is 328 g/mol. The number of hydrogen-bond acceptors (Lipinski definition) is 4. The number of amides is 1. The topological polar surface area (TPSA) is 69.0 Å². The zero-order valence-corrected chi connectivity index (χ0v) is 14.9. The molecule has 0 fully saturated rings. The van der Waals surface area contributed by atoms with Crippen molar-refractivity contribution in [2.75, 3.05) is 7.11 Å². The molecule has 2 heterocycles. The second kappa shape index (κ2) is 8.29. The van der Waals surface area contributed by atoms with Gasteiger partial charge < -0.3 is 14.6 Å². The number of ether oxygens (including phenoxy) is 1. The molecular formula is C20H22N4O2. The third-order valence-electron chi connectivity index (χ3n) is 4.21. The Morgan fingerprint density at radius 3 is 2.85 bits per heavy atom. The van der Waals surface area contributed by atoms with Crippen molar-refractivity contribution in [1.29, 1.82) is 0 Å². The van der Waals surface area contributed by atoms with Gasteiger partial charge in [-0.1, -0.05) is 18.2 Å². The first-order chi connectivity index (χ1) is 12.7. The standard InChI is InChI=1S/C20H22N4O2/c1-24-12-11-22-20(24)19(16-6-3-7-17(13-16)26-2)23-18(25)9-8-15-5-4-10-21-14-15/h3-7,10-14,19H,8-9H2,1-2H3,(H,23,25). The van der Waals surface area contributed by atoms with Crippen molar-refractivity contribution in [2.45, 2.75) is 18.9 Å². The fourth-order valence-electron chi connectivity index (χ4n) is 2.81. The Balaban J connectivity index is 1.77. The van der Waals surface area contributed by atoms with Crippen LogP contribution < -0.4 is 10.1 Å². The van der Waals surface area contributed by atoms with Gasteiger partial charge >= 0.3 is 0 Å². The Morgan fingerprint density at radius 2 is 2.15 bits per heavy atom. The molecule has 0 aliphatic heterocycles. The molecule has 0 saturated heterocycles. The SMILES string of the molecule is COc1cccc(C(NC(=O)CCc2cccnc2)c2nccn2C)c1. The van der Waals surface area contributed by atoms with Crippen LogP contribution in [-0.2, 0) is 18.3 Å². The molecule has 6 nitrogen and oxygen atoms in total. The highest BCUT2D eigenvalue weighted by atomic mass is 16.5. The lowest BCUT2D eigenvalue weighted by atomic mass is 10.0. The zero-order chi connectivity index (χ0) is 18.4. The molecule has 6 heteroatoms. The summed E-state index contributed by atoms with van der Waals surface area (Å²) in [7, 11) is 3.54. The molecule has 1 amide bonds. The van der Waals surface area contributed by atoms with E-state index in [1.54, 1.807) is 25.7 Å². The lowest BCUT2D eigenvalue weighted by Crippen LogP contribution is -2.31. The maximum absolute atomic E-state index is 12.6. The average Bonchev–Trinajstić information content (AvgIpc) is 3.11. The van der Waals surface area contributed by atoms with Crippen LogP contribution in [0.5, 0.6) is 5.75 Å². The van der Waals surface area contributed by atoms with E-state index in [9.17, 15) is 4.79 Å². The van der Waals surface area contributed by atoms with Crippen LogP contribution in [0, 0.1) is 0 Å². The van der Waals surface area contributed by atoms with Gasteiger partial charge in [0.2, 0.25) is 5.91 Å². The number of aromatic nitrogens is 3. The third-order valence-corrected chi connectivity index (χ3v) is 4.21. The van der Waals surface area contributed by atoms with Crippen LogP contribution in [0.15, 0.2) is 61.2 Å². The van der Waals surface area contributed by atoms with E-state index in [-0.39, 0.29) is 11.9 Å². The first kappa shape index (κ1) is 17.7. The number of aryl methyl sites for hydroxylation is 2. The molecule has 26 heavy (non-hydrogen) atoms. The second-order valence-corrected chi connectivity index (χ2v) is 6.03. The summed E-state index contributed by atoms with van der Waals surface area (Å²) in [5, 5.41) is 3.10. The first-order valence-electron chi connectivity index (χ1n) is 8.47. The minimum Gasteiger partial charge on any atom is -0.497 e. The van der Waals surface area contributed by atoms with E-state index in [0.29, 0.717) is 12.8 Å². The van der Waals surface area contributed by atoms with Crippen molar-refractivity contribution in [1.82, 2.24) is 19.9 Å². The number of carbonyl (C=O) groups excluding carboxylic acids is 1. The van der Waals surface area contributed by atoms with Gasteiger partial charge in [-0.15, -0.1) is 0 Å². The van der Waals surface area contributed by atoms with Crippen molar-refractivity contribution in [2.24, 2.45) is 7.05 Å². The van der Waals surface area contributed by atoms with Gasteiger partial charge in [0.05, 0.1) is 7.11 Å². The Morgan fingerprint density at radius 1 is 1.27 bits per heavy atom. The fourth-order valence-corrected chi connectivity index (χ4v) is 2.81. The molecule has 1 atom stereocenters. The highest BCUT2D eigenvalue weighted by Gasteiger charge is 2.21. The molecule has 0 aliphatic rings. The summed E-state index contributed by atoms with van der Waals surface area (Å²) in [5.74, 6) is 1.48. The number of methoxy groups -OCH3 is 1. The smallest absolute Gasteiger partial charge is 0.221 e. The van der Waals surface area contributed by atoms with Gasteiger partial charge in [-0.2, -0.15) is 0 Å². The van der Waals surface area contributed by atoms with Crippen molar-refractivity contribution < 1.29 is 9.53 Å². The monoisotopic (exact) mass is 350 g/mol. The summed E-state index contributed by atoms with van der Waals surface area (Å²) in [6.45, 7) is 0. The minimum atomic E-state index is -0.341. The highest BCUT2D eigenvalue weighted by Crippen LogP contribution is 2.24. The molecule has 2 aromatic heterocycles. The molecule has 1 N–H and O–H groups in total. The summed E-state index contributed by atoms with van der Waals surface area (Å²) in [6.07, 6.45) is 8.13. The third kappa shape index (κ3) is 4.27. The van der Waals surface area contributed by atoms with Gasteiger partial charge in [0.25, 0.3) is 0 Å². The Kier molecular flexibility index (Phi) is 5.63. The summed E-state index contributed by atoms with van der Waals surface area (Å²) in [5.41, 5.74) is 1.96. The molecule has 134 valence electrons. The highest BCUT2D eigenvalue weighted by molar-refractivity contribution is 5.77. The minimum absolute atomic E-state index is 0.0373. The molecule has 0 radical (unpaired) electrons. The van der Waals surface area contributed by atoms with Crippen LogP contribution in [-0.4, -0.2) is 27.6 Å². The number of pyridine rings is 1. The molecule has 3 rings (SSSR count). The van der Waals surface area contributed by atoms with E-state index in [4.69, 9.17) is 4.74 Å². The Labute approximate surface area is 152 Å². The van der Waals surface area contributed by atoms with Crippen molar-refractivity contribution in [3.05, 3.63) is 78.1 Å². The van der Waals surface area contributed by atoms with Crippen LogP contribution in [0.1, 0.15) is 29.4 Å². The number of benzene rings is 1. The number of rotatable bonds is 7. The van der Waals surface area contributed by atoms with E-state index in [1.165, 1.54) is 0 Å². The predicted molar refractivity (Wildman–Crippen MR) is 98.7 cm³/mol. The molecule has 0 spiro atoms. The number of imidazole rings is 1. The number of nitrogens with zero attached hydrogens (tertiary/aromatic N) is 3. The van der Waals surface area contributed by atoms with E-state index in [1.807, 2.05) is 54.2 Å². The molecule has 0 bridgehead atoms. The number of hydrogen-bond donors (Lipinski definition) is 1. The molecule has 3 aromatic rings. The second-order valence-electron chi connectivity index (χ2n) is 6.03. The normalized spacial score (nSPS) is 11.8. The summed E-state index contributed by atoms with van der Waals surface area (Å²) >= 11 is 0. The molecule has 1 unspecified atom stereocenters. The van der Waals surface area contributed by atoms with E-state index in [2.05, 4.69) is 15.3 Å². The van der Waals surface area contributed by atoms with Gasteiger partial charge in [0.1, 0.15) is 17.6 Å². The van der Waals surface area contributed by atoms with Crippen molar-refractivity contribution in [3.8, 4) is 5.75 Å². The number of nitrogens with one attached hydrogen (secondary N) is 1. The molecule has 0 aliphatic carbocycles. The van der Waals surface area contributed by atoms with Crippen LogP contribution >= 0.6 is 0 Å². The van der Waals surface area contributed by atoms with Gasteiger partial charge in [-0.05, 0) is 35.7 Å². The van der Waals surface area contributed by atoms with Crippen LogP contribution in [0.3, 0.4) is 0 Å². The average molecular weight is 350 g/mol. The summed E-state index contributed by atoms with van der Waals surface area (Å²) < 4.78 is 7.22. The molecule has 1 aromatic carbocycles. The lowest BCUT2D eigenvalue weighted by molar-refractivity contribution is -0.121. The maximum atomic E-state index is 12.6. The van der Waals surface area contributed by atoms with Gasteiger partial charge in [-0.3, -0.25) is 9.78 Å². The quantitative estimate of drug-likeness (QED) is 0.711. The zero-order valence-electron chi connectivity index (χ0n) is 14.9. The van der Waals surface area contributed by atoms with Crippen molar-refractivity contribution >= 4 is 5.91 Å². The number of carbonyl (C=O) groups is 1. The van der Waals surface area contributed by atoms with Gasteiger partial charge in [0, 0.05) is 38.3 Å². The van der Waals surface area contributed by atoms with Crippen LogP contribution in [0.25, 0.3) is 0 Å². The fraction of sp³-hybridized carbons (Fsp3) is 0.250. The Bertz CT molecular complexity index is 861. The summed E-state index contributed by atoms with van der Waals surface area (Å²) in [6, 6.07) is 11.2. The predicted octanol–water partition coefficient (Wildman–Crippen LogP) is 2.66. The van der Waals surface area contributed by atoms with Crippen LogP contribution in [0.2, 0.25) is 0 Å². The van der Waals surface area contributed by atoms with E-state index < -0.39 is 0 Å². The largest absolute Gasteiger partial charge is 0.497 e. The molecule has 0 saturated carbocycles. The van der Waals surface area contributed by atoms with Gasteiger partial charge in [0.15, 0.2) is 0 Å².